The van der Waals surface area contributed by atoms with Gasteiger partial charge in [0.05, 0.1) is 11.2 Å². The minimum Gasteiger partial charge on any atom is -0.444 e. The number of carbonyl (C=O) groups is 2. The minimum atomic E-state index is -0.611. The quantitative estimate of drug-likeness (QED) is 0.704. The number of benzene rings is 1. The van der Waals surface area contributed by atoms with E-state index in [0.717, 1.165) is 11.0 Å². The summed E-state index contributed by atoms with van der Waals surface area (Å²) in [6, 6.07) is 7.39. The Bertz CT molecular complexity index is 794. The second-order valence-electron chi connectivity index (χ2n) is 9.47. The van der Waals surface area contributed by atoms with Gasteiger partial charge in [0.25, 0.3) is 0 Å². The van der Waals surface area contributed by atoms with E-state index in [1.165, 1.54) is 6.92 Å². The zero-order valence-electron chi connectivity index (χ0n) is 19.2. The van der Waals surface area contributed by atoms with E-state index in [9.17, 15) is 9.59 Å². The maximum absolute atomic E-state index is 12.2. The van der Waals surface area contributed by atoms with Crippen molar-refractivity contribution in [3.05, 3.63) is 35.3 Å². The summed E-state index contributed by atoms with van der Waals surface area (Å²) in [5.74, 6) is -0.127. The monoisotopic (exact) mass is 416 g/mol. The molecule has 0 radical (unpaired) electrons. The van der Waals surface area contributed by atoms with E-state index < -0.39 is 30.0 Å². The first-order valence-corrected chi connectivity index (χ1v) is 10.1. The van der Waals surface area contributed by atoms with Crippen LogP contribution >= 0.6 is 0 Å². The lowest BCUT2D eigenvalue weighted by molar-refractivity contribution is -0.114. The number of nitrogens with one attached hydrogen (secondary N) is 2. The van der Waals surface area contributed by atoms with Crippen molar-refractivity contribution in [3.63, 3.8) is 0 Å². The highest BCUT2D eigenvalue weighted by Crippen LogP contribution is 2.38. The molecule has 164 valence electrons. The van der Waals surface area contributed by atoms with Crippen molar-refractivity contribution in [1.29, 1.82) is 0 Å². The summed E-state index contributed by atoms with van der Waals surface area (Å²) >= 11 is 0. The van der Waals surface area contributed by atoms with Gasteiger partial charge in [-0.1, -0.05) is 18.2 Å². The summed E-state index contributed by atoms with van der Waals surface area (Å²) in [6.45, 7) is 15.0. The molecule has 1 aliphatic heterocycles. The molecule has 30 heavy (non-hydrogen) atoms. The van der Waals surface area contributed by atoms with E-state index in [2.05, 4.69) is 10.6 Å². The van der Waals surface area contributed by atoms with Gasteiger partial charge in [-0.15, -0.1) is 0 Å². The van der Waals surface area contributed by atoms with Crippen LogP contribution in [0, 0.1) is 0 Å². The molecule has 2 N–H and O–H groups in total. The molecular formula is C22H33BN2O5. The average Bonchev–Trinajstić information content (AvgIpc) is 2.78. The van der Waals surface area contributed by atoms with Crippen LogP contribution in [0.4, 0.5) is 10.5 Å². The summed E-state index contributed by atoms with van der Waals surface area (Å²) < 4.78 is 17.7. The summed E-state index contributed by atoms with van der Waals surface area (Å²) in [5, 5.41) is 5.52. The molecule has 0 aliphatic carbocycles. The zero-order valence-corrected chi connectivity index (χ0v) is 19.2. The Labute approximate surface area is 179 Å². The third kappa shape index (κ3) is 6.60. The number of ether oxygens (including phenoxy) is 1. The smallest absolute Gasteiger partial charge is 0.444 e. The minimum absolute atomic E-state index is 0.127. The van der Waals surface area contributed by atoms with E-state index in [1.807, 2.05) is 78.8 Å². The number of anilines is 1. The maximum atomic E-state index is 12.2. The van der Waals surface area contributed by atoms with Gasteiger partial charge in [0.2, 0.25) is 5.91 Å². The van der Waals surface area contributed by atoms with Crippen LogP contribution in [0.1, 0.15) is 61.0 Å². The van der Waals surface area contributed by atoms with E-state index in [0.29, 0.717) is 5.69 Å². The lowest BCUT2D eigenvalue weighted by Gasteiger charge is -2.32. The van der Waals surface area contributed by atoms with Gasteiger partial charge < -0.3 is 24.7 Å². The molecule has 0 atom stereocenters. The fraction of sp³-hybridized carbons (Fsp3) is 0.545. The summed E-state index contributed by atoms with van der Waals surface area (Å²) in [4.78, 5) is 23.4. The highest BCUT2D eigenvalue weighted by molar-refractivity contribution is 6.56. The first-order chi connectivity index (χ1) is 13.7. The van der Waals surface area contributed by atoms with Crippen molar-refractivity contribution < 1.29 is 23.6 Å². The Morgan fingerprint density at radius 2 is 1.60 bits per heavy atom. The van der Waals surface area contributed by atoms with Gasteiger partial charge in [0.15, 0.2) is 0 Å². The third-order valence-corrected chi connectivity index (χ3v) is 4.97. The molecule has 0 unspecified atom stereocenters. The van der Waals surface area contributed by atoms with Crippen LogP contribution in [0.2, 0.25) is 0 Å². The number of carbonyl (C=O) groups excluding carboxylic acids is 2. The van der Waals surface area contributed by atoms with Crippen LogP contribution in [-0.4, -0.2) is 42.5 Å². The molecule has 1 fully saturated rings. The fourth-order valence-corrected chi connectivity index (χ4v) is 2.77. The Balaban J connectivity index is 2.24. The third-order valence-electron chi connectivity index (χ3n) is 4.97. The molecule has 0 aromatic heterocycles. The first-order valence-electron chi connectivity index (χ1n) is 10.1. The van der Waals surface area contributed by atoms with Crippen molar-refractivity contribution in [2.75, 3.05) is 11.9 Å². The van der Waals surface area contributed by atoms with Gasteiger partial charge in [-0.25, -0.2) is 4.79 Å². The Kier molecular flexibility index (Phi) is 7.04. The van der Waals surface area contributed by atoms with Crippen molar-refractivity contribution in [2.45, 2.75) is 72.2 Å². The molecule has 1 aliphatic rings. The molecule has 0 bridgehead atoms. The summed E-state index contributed by atoms with van der Waals surface area (Å²) in [7, 11) is -0.611. The van der Waals surface area contributed by atoms with Crippen LogP contribution in [0.15, 0.2) is 29.7 Å². The molecule has 1 aromatic rings. The highest BCUT2D eigenvalue weighted by Gasteiger charge is 2.52. The fourth-order valence-electron chi connectivity index (χ4n) is 2.77. The molecule has 2 amide bonds. The Morgan fingerprint density at radius 1 is 1.07 bits per heavy atom. The number of alkyl carbamates (subject to hydrolysis) is 1. The van der Waals surface area contributed by atoms with E-state index >= 15 is 0 Å². The summed E-state index contributed by atoms with van der Waals surface area (Å²) in [5.41, 5.74) is 0.767. The second kappa shape index (κ2) is 8.82. The van der Waals surface area contributed by atoms with Crippen molar-refractivity contribution in [3.8, 4) is 0 Å². The van der Waals surface area contributed by atoms with Crippen LogP contribution in [0.5, 0.6) is 0 Å². The van der Waals surface area contributed by atoms with Gasteiger partial charge in [-0.2, -0.15) is 0 Å². The first kappa shape index (κ1) is 24.0. The Hall–Kier alpha value is -2.32. The standard InChI is InChI=1S/C22H33BN2O5/c1-15(26)25-18-11-9-16(10-12-18)13-17(14-24-19(27)28-20(2,3)4)23-29-21(5,6)22(7,8)30-23/h9-13H,14H2,1-8H3,(H,24,27)(H,25,26). The van der Waals surface area contributed by atoms with Crippen molar-refractivity contribution in [2.24, 2.45) is 0 Å². The van der Waals surface area contributed by atoms with Gasteiger partial charge in [-0.05, 0) is 71.6 Å². The van der Waals surface area contributed by atoms with Crippen molar-refractivity contribution >= 4 is 30.9 Å². The zero-order chi connectivity index (χ0) is 22.7. The largest absolute Gasteiger partial charge is 0.492 e. The summed E-state index contributed by atoms with van der Waals surface area (Å²) in [6.07, 6.45) is 1.41. The Morgan fingerprint density at radius 3 is 2.07 bits per heavy atom. The second-order valence-corrected chi connectivity index (χ2v) is 9.47. The molecule has 0 saturated carbocycles. The van der Waals surface area contributed by atoms with Crippen LogP contribution in [0.3, 0.4) is 0 Å². The lowest BCUT2D eigenvalue weighted by Crippen LogP contribution is -2.41. The molecule has 7 nitrogen and oxygen atoms in total. The number of amides is 2. The van der Waals surface area contributed by atoms with Crippen molar-refractivity contribution in [1.82, 2.24) is 5.32 Å². The predicted octanol–water partition coefficient (Wildman–Crippen LogP) is 4.18. The van der Waals surface area contributed by atoms with Gasteiger partial charge in [0, 0.05) is 19.2 Å². The maximum Gasteiger partial charge on any atom is 0.492 e. The van der Waals surface area contributed by atoms with Gasteiger partial charge >= 0.3 is 13.2 Å². The topological polar surface area (TPSA) is 85.9 Å². The molecular weight excluding hydrogens is 383 g/mol. The van der Waals surface area contributed by atoms with Gasteiger partial charge in [-0.3, -0.25) is 4.79 Å². The molecule has 1 aromatic carbocycles. The van der Waals surface area contributed by atoms with E-state index in [4.69, 9.17) is 14.0 Å². The number of hydrogen-bond acceptors (Lipinski definition) is 5. The average molecular weight is 416 g/mol. The molecule has 0 spiro atoms. The number of rotatable bonds is 5. The van der Waals surface area contributed by atoms with E-state index in [1.54, 1.807) is 0 Å². The highest BCUT2D eigenvalue weighted by atomic mass is 16.7. The van der Waals surface area contributed by atoms with Crippen LogP contribution < -0.4 is 10.6 Å². The SMILES string of the molecule is CC(=O)Nc1ccc(C=C(CNC(=O)OC(C)(C)C)B2OC(C)(C)C(C)(C)O2)cc1. The molecule has 8 heteroatoms. The van der Waals surface area contributed by atoms with E-state index in [-0.39, 0.29) is 12.5 Å². The number of hydrogen-bond donors (Lipinski definition) is 2. The lowest BCUT2D eigenvalue weighted by atomic mass is 9.77. The molecule has 1 heterocycles. The molecule has 1 saturated heterocycles. The van der Waals surface area contributed by atoms with Gasteiger partial charge in [0.1, 0.15) is 5.60 Å². The van der Waals surface area contributed by atoms with Crippen LogP contribution in [0.25, 0.3) is 6.08 Å². The normalized spacial score (nSPS) is 18.1. The van der Waals surface area contributed by atoms with Crippen LogP contribution in [-0.2, 0) is 18.8 Å². The molecule has 2 rings (SSSR count). The predicted molar refractivity (Wildman–Crippen MR) is 119 cm³/mol.